The van der Waals surface area contributed by atoms with E-state index in [1.807, 2.05) is 24.3 Å². The van der Waals surface area contributed by atoms with Crippen molar-refractivity contribution >= 4 is 39.9 Å². The first kappa shape index (κ1) is 24.3. The number of ether oxygens (including phenoxy) is 2. The first-order chi connectivity index (χ1) is 13.7. The van der Waals surface area contributed by atoms with Crippen LogP contribution in [0.2, 0.25) is 5.02 Å². The van der Waals surface area contributed by atoms with Crippen molar-refractivity contribution in [1.82, 2.24) is 5.32 Å². The number of halogens is 3. The number of rotatable bonds is 7. The van der Waals surface area contributed by atoms with Gasteiger partial charge in [-0.25, -0.2) is 0 Å². The Morgan fingerprint density at radius 3 is 2.31 bits per heavy atom. The molecule has 0 saturated heterocycles. The van der Waals surface area contributed by atoms with E-state index in [2.05, 4.69) is 33.4 Å². The summed E-state index contributed by atoms with van der Waals surface area (Å²) in [6, 6.07) is 12.5. The number of hydrogen-bond donors (Lipinski definition) is 1. The van der Waals surface area contributed by atoms with Crippen LogP contribution in [0.5, 0.6) is 11.5 Å². The third-order valence-corrected chi connectivity index (χ3v) is 6.13. The van der Waals surface area contributed by atoms with Crippen molar-refractivity contribution in [3.8, 4) is 11.5 Å². The van der Waals surface area contributed by atoms with E-state index in [-0.39, 0.29) is 12.4 Å². The van der Waals surface area contributed by atoms with Crippen LogP contribution in [0.25, 0.3) is 0 Å². The predicted octanol–water partition coefficient (Wildman–Crippen LogP) is 7.31. The van der Waals surface area contributed by atoms with E-state index < -0.39 is 0 Å². The Morgan fingerprint density at radius 2 is 1.66 bits per heavy atom. The van der Waals surface area contributed by atoms with Crippen molar-refractivity contribution in [1.29, 1.82) is 0 Å². The summed E-state index contributed by atoms with van der Waals surface area (Å²) in [5.41, 5.74) is 2.26. The molecule has 0 atom stereocenters. The lowest BCUT2D eigenvalue weighted by molar-refractivity contribution is 0.282. The summed E-state index contributed by atoms with van der Waals surface area (Å²) in [5.74, 6) is 1.48. The molecule has 160 valence electrons. The summed E-state index contributed by atoms with van der Waals surface area (Å²) in [6.07, 6.45) is 9.37. The zero-order valence-corrected chi connectivity index (χ0v) is 20.0. The van der Waals surface area contributed by atoms with E-state index in [1.54, 1.807) is 7.11 Å². The lowest BCUT2D eigenvalue weighted by Crippen LogP contribution is -2.29. The maximum Gasteiger partial charge on any atom is 0.175 e. The van der Waals surface area contributed by atoms with E-state index >= 15 is 0 Å². The highest BCUT2D eigenvalue weighted by Crippen LogP contribution is 2.37. The van der Waals surface area contributed by atoms with Crippen LogP contribution in [0.1, 0.15) is 56.1 Å². The lowest BCUT2D eigenvalue weighted by Gasteiger charge is -2.21. The van der Waals surface area contributed by atoms with Crippen LogP contribution in [0.3, 0.4) is 0 Å². The number of benzene rings is 2. The molecule has 1 aliphatic carbocycles. The predicted molar refractivity (Wildman–Crippen MR) is 127 cm³/mol. The molecule has 0 radical (unpaired) electrons. The monoisotopic (exact) mass is 501 g/mol. The van der Waals surface area contributed by atoms with E-state index in [4.69, 9.17) is 21.1 Å². The summed E-state index contributed by atoms with van der Waals surface area (Å²) < 4.78 is 12.5. The molecule has 2 aromatic rings. The van der Waals surface area contributed by atoms with Crippen LogP contribution in [0, 0.1) is 0 Å². The summed E-state index contributed by atoms with van der Waals surface area (Å²) in [6.45, 7) is 1.31. The molecular weight excluding hydrogens is 473 g/mol. The topological polar surface area (TPSA) is 30.5 Å². The van der Waals surface area contributed by atoms with Crippen LogP contribution in [0.15, 0.2) is 40.9 Å². The minimum absolute atomic E-state index is 0. The molecule has 1 aliphatic rings. The van der Waals surface area contributed by atoms with E-state index in [0.717, 1.165) is 33.1 Å². The molecule has 1 N–H and O–H groups in total. The molecule has 0 amide bonds. The highest BCUT2D eigenvalue weighted by molar-refractivity contribution is 9.10. The average molecular weight is 503 g/mol. The molecule has 2 aromatic carbocycles. The maximum atomic E-state index is 6.03. The molecule has 29 heavy (non-hydrogen) atoms. The molecule has 1 saturated carbocycles. The van der Waals surface area contributed by atoms with Crippen molar-refractivity contribution in [2.75, 3.05) is 7.11 Å². The number of hydrogen-bond acceptors (Lipinski definition) is 3. The lowest BCUT2D eigenvalue weighted by atomic mass is 9.96. The van der Waals surface area contributed by atoms with E-state index in [9.17, 15) is 0 Å². The van der Waals surface area contributed by atoms with Gasteiger partial charge < -0.3 is 14.8 Å². The zero-order chi connectivity index (χ0) is 19.8. The van der Waals surface area contributed by atoms with Gasteiger partial charge in [-0.3, -0.25) is 0 Å². The minimum Gasteiger partial charge on any atom is -0.493 e. The quantitative estimate of drug-likeness (QED) is 0.430. The molecular formula is C23H30BrCl2NO2. The smallest absolute Gasteiger partial charge is 0.175 e. The third kappa shape index (κ3) is 7.67. The van der Waals surface area contributed by atoms with E-state index in [1.165, 1.54) is 50.5 Å². The Hall–Kier alpha value is -0.940. The molecule has 3 nitrogen and oxygen atoms in total. The van der Waals surface area contributed by atoms with Crippen LogP contribution in [-0.4, -0.2) is 13.2 Å². The number of methoxy groups -OCH3 is 1. The van der Waals surface area contributed by atoms with Crippen LogP contribution in [0.4, 0.5) is 0 Å². The Balaban J connectivity index is 0.00000300. The Labute approximate surface area is 194 Å². The highest BCUT2D eigenvalue weighted by Gasteiger charge is 2.14. The highest BCUT2D eigenvalue weighted by atomic mass is 79.9. The van der Waals surface area contributed by atoms with Crippen molar-refractivity contribution in [2.24, 2.45) is 0 Å². The fraction of sp³-hybridized carbons (Fsp3) is 0.478. The molecule has 0 aromatic heterocycles. The summed E-state index contributed by atoms with van der Waals surface area (Å²) >= 11 is 9.61. The molecule has 6 heteroatoms. The van der Waals surface area contributed by atoms with Crippen LogP contribution >= 0.6 is 39.9 Å². The van der Waals surface area contributed by atoms with Gasteiger partial charge in [0.25, 0.3) is 0 Å². The Bertz CT molecular complexity index is 747. The molecule has 0 heterocycles. The van der Waals surface area contributed by atoms with Gasteiger partial charge >= 0.3 is 0 Å². The average Bonchev–Trinajstić information content (AvgIpc) is 2.67. The van der Waals surface area contributed by atoms with Gasteiger partial charge in [0, 0.05) is 17.6 Å². The fourth-order valence-corrected chi connectivity index (χ4v) is 4.40. The van der Waals surface area contributed by atoms with Crippen molar-refractivity contribution in [2.45, 2.75) is 64.1 Å². The normalized spacial score (nSPS) is 15.1. The van der Waals surface area contributed by atoms with Gasteiger partial charge in [-0.1, -0.05) is 55.8 Å². The van der Waals surface area contributed by atoms with Crippen LogP contribution in [-0.2, 0) is 13.2 Å². The third-order valence-electron chi connectivity index (χ3n) is 5.29. The second-order valence-electron chi connectivity index (χ2n) is 7.45. The largest absolute Gasteiger partial charge is 0.493 e. The van der Waals surface area contributed by atoms with Gasteiger partial charge in [0.2, 0.25) is 0 Å². The molecule has 0 unspecified atom stereocenters. The molecule has 3 rings (SSSR count). The van der Waals surface area contributed by atoms with Gasteiger partial charge in [-0.15, -0.1) is 12.4 Å². The fourth-order valence-electron chi connectivity index (χ4n) is 3.67. The summed E-state index contributed by atoms with van der Waals surface area (Å²) in [4.78, 5) is 0. The first-order valence-electron chi connectivity index (χ1n) is 10.1. The first-order valence-corrected chi connectivity index (χ1v) is 11.3. The Morgan fingerprint density at radius 1 is 1.00 bits per heavy atom. The zero-order valence-electron chi connectivity index (χ0n) is 16.9. The maximum absolute atomic E-state index is 6.03. The van der Waals surface area contributed by atoms with Gasteiger partial charge in [0.15, 0.2) is 11.5 Å². The van der Waals surface area contributed by atoms with Gasteiger partial charge in [-0.05, 0) is 64.2 Å². The minimum atomic E-state index is 0. The molecule has 0 aliphatic heterocycles. The van der Waals surface area contributed by atoms with Gasteiger partial charge in [-0.2, -0.15) is 0 Å². The molecule has 0 spiro atoms. The standard InChI is InChI=1S/C23H29BrClNO2.ClH/c1-27-22-14-18(15-26-20-7-5-3-2-4-6-8-20)13-21(24)23(22)28-16-17-9-11-19(25)12-10-17;/h9-14,20,26H,2-8,15-16H2,1H3;1H. The second-order valence-corrected chi connectivity index (χ2v) is 8.74. The second kappa shape index (κ2) is 12.7. The molecule has 0 bridgehead atoms. The number of nitrogens with one attached hydrogen (secondary N) is 1. The SMILES string of the molecule is COc1cc(CNC2CCCCCCC2)cc(Br)c1OCc1ccc(Cl)cc1.Cl. The summed E-state index contributed by atoms with van der Waals surface area (Å²) in [5, 5.41) is 4.46. The van der Waals surface area contributed by atoms with Crippen molar-refractivity contribution in [3.63, 3.8) is 0 Å². The van der Waals surface area contributed by atoms with Gasteiger partial charge in [0.1, 0.15) is 6.61 Å². The van der Waals surface area contributed by atoms with Crippen LogP contribution < -0.4 is 14.8 Å². The summed E-state index contributed by atoms with van der Waals surface area (Å²) in [7, 11) is 1.68. The van der Waals surface area contributed by atoms with E-state index in [0.29, 0.717) is 12.6 Å². The Kier molecular flexibility index (Phi) is 10.6. The van der Waals surface area contributed by atoms with Gasteiger partial charge in [0.05, 0.1) is 11.6 Å². The van der Waals surface area contributed by atoms with Crippen molar-refractivity contribution in [3.05, 3.63) is 57.0 Å². The molecule has 1 fully saturated rings. The van der Waals surface area contributed by atoms with Crippen molar-refractivity contribution < 1.29 is 9.47 Å².